The second kappa shape index (κ2) is 7.76. The van der Waals surface area contributed by atoms with Crippen LogP contribution in [0.15, 0.2) is 18.2 Å². The zero-order valence-corrected chi connectivity index (χ0v) is 11.4. The lowest BCUT2D eigenvalue weighted by Crippen LogP contribution is -2.11. The van der Waals surface area contributed by atoms with E-state index in [1.165, 1.54) is 0 Å². The molecule has 0 aromatic heterocycles. The Morgan fingerprint density at radius 1 is 1.32 bits per heavy atom. The van der Waals surface area contributed by atoms with E-state index in [0.717, 1.165) is 0 Å². The molecule has 5 nitrogen and oxygen atoms in total. The number of benzene rings is 1. The van der Waals surface area contributed by atoms with Gasteiger partial charge in [0.25, 0.3) is 0 Å². The Balaban J connectivity index is 2.41. The zero-order chi connectivity index (χ0) is 14.3. The van der Waals surface area contributed by atoms with Gasteiger partial charge in [-0.05, 0) is 17.5 Å². The molecule has 0 aliphatic carbocycles. The molecule has 0 atom stereocenters. The summed E-state index contributed by atoms with van der Waals surface area (Å²) in [6.07, 6.45) is 0. The molecule has 0 fully saturated rings. The minimum Gasteiger partial charge on any atom is -0.478 e. The molecule has 0 unspecified atom stereocenters. The normalized spacial score (nSPS) is 10.9. The largest absolute Gasteiger partial charge is 0.478 e. The summed E-state index contributed by atoms with van der Waals surface area (Å²) in [4.78, 5) is 11.1. The van der Waals surface area contributed by atoms with Gasteiger partial charge in [0, 0.05) is 12.3 Å². The third-order valence-corrected chi connectivity index (χ3v) is 2.48. The highest BCUT2D eigenvalue weighted by molar-refractivity contribution is 5.95. The number of carboxylic acids is 1. The van der Waals surface area contributed by atoms with Gasteiger partial charge in [0.05, 0.1) is 25.4 Å². The van der Waals surface area contributed by atoms with Gasteiger partial charge in [-0.15, -0.1) is 0 Å². The van der Waals surface area contributed by atoms with Crippen molar-refractivity contribution in [3.63, 3.8) is 0 Å². The maximum absolute atomic E-state index is 11.1. The average molecular weight is 267 g/mol. The van der Waals surface area contributed by atoms with Gasteiger partial charge >= 0.3 is 5.97 Å². The first-order valence-corrected chi connectivity index (χ1v) is 6.28. The van der Waals surface area contributed by atoms with Gasteiger partial charge in [-0.25, -0.2) is 4.79 Å². The predicted molar refractivity (Wildman–Crippen MR) is 73.1 cm³/mol. The molecule has 0 saturated carbocycles. The van der Waals surface area contributed by atoms with Crippen molar-refractivity contribution in [1.82, 2.24) is 0 Å². The van der Waals surface area contributed by atoms with Crippen LogP contribution in [0.5, 0.6) is 0 Å². The van der Waals surface area contributed by atoms with Crippen LogP contribution in [-0.2, 0) is 16.1 Å². The van der Waals surface area contributed by atoms with Gasteiger partial charge in [0.15, 0.2) is 0 Å². The fourth-order valence-corrected chi connectivity index (χ4v) is 1.62. The van der Waals surface area contributed by atoms with E-state index < -0.39 is 5.97 Å². The number of nitrogens with two attached hydrogens (primary N) is 1. The van der Waals surface area contributed by atoms with E-state index in [-0.39, 0.29) is 17.9 Å². The van der Waals surface area contributed by atoms with Crippen molar-refractivity contribution < 1.29 is 19.4 Å². The Kier molecular flexibility index (Phi) is 6.32. The van der Waals surface area contributed by atoms with Crippen LogP contribution in [0.3, 0.4) is 0 Å². The van der Waals surface area contributed by atoms with Crippen molar-refractivity contribution >= 4 is 11.7 Å². The Morgan fingerprint density at radius 2 is 2.00 bits per heavy atom. The first kappa shape index (κ1) is 15.5. The molecule has 0 aliphatic heterocycles. The second-order valence-corrected chi connectivity index (χ2v) is 4.71. The van der Waals surface area contributed by atoms with E-state index in [2.05, 4.69) is 13.8 Å². The first-order valence-electron chi connectivity index (χ1n) is 6.28. The highest BCUT2D eigenvalue weighted by Crippen LogP contribution is 2.17. The van der Waals surface area contributed by atoms with Crippen LogP contribution in [0.4, 0.5) is 5.69 Å². The van der Waals surface area contributed by atoms with Crippen LogP contribution in [0.1, 0.15) is 29.8 Å². The third kappa shape index (κ3) is 5.28. The molecule has 3 N–H and O–H groups in total. The number of carbonyl (C=O) groups is 1. The molecule has 0 bridgehead atoms. The number of hydrogen-bond acceptors (Lipinski definition) is 4. The quantitative estimate of drug-likeness (QED) is 0.557. The molecule has 1 aromatic rings. The van der Waals surface area contributed by atoms with Gasteiger partial charge in [-0.1, -0.05) is 26.0 Å². The van der Waals surface area contributed by atoms with Crippen LogP contribution >= 0.6 is 0 Å². The van der Waals surface area contributed by atoms with Crippen LogP contribution in [0.2, 0.25) is 0 Å². The van der Waals surface area contributed by atoms with E-state index in [1.807, 2.05) is 0 Å². The summed E-state index contributed by atoms with van der Waals surface area (Å²) >= 11 is 0. The number of rotatable bonds is 8. The number of anilines is 1. The van der Waals surface area contributed by atoms with Gasteiger partial charge in [-0.2, -0.15) is 0 Å². The highest BCUT2D eigenvalue weighted by atomic mass is 16.5. The van der Waals surface area contributed by atoms with Crippen LogP contribution in [0, 0.1) is 5.92 Å². The molecule has 0 spiro atoms. The first-order chi connectivity index (χ1) is 9.02. The van der Waals surface area contributed by atoms with E-state index >= 15 is 0 Å². The number of nitrogen functional groups attached to an aromatic ring is 1. The van der Waals surface area contributed by atoms with Crippen molar-refractivity contribution in [3.05, 3.63) is 29.3 Å². The maximum Gasteiger partial charge on any atom is 0.338 e. The molecule has 1 rings (SSSR count). The molecule has 0 aliphatic rings. The standard InChI is InChI=1S/C14H21NO4/c1-10(2)8-18-6-7-19-9-11-4-3-5-12(15)13(11)14(16)17/h3-5,10H,6-9,15H2,1-2H3,(H,16,17). The predicted octanol–water partition coefficient (Wildman–Crippen LogP) is 2.16. The van der Waals surface area contributed by atoms with E-state index in [9.17, 15) is 4.79 Å². The van der Waals surface area contributed by atoms with Gasteiger partial charge in [-0.3, -0.25) is 0 Å². The molecule has 0 saturated heterocycles. The Labute approximate surface area is 113 Å². The molecule has 0 heterocycles. The van der Waals surface area contributed by atoms with E-state index in [4.69, 9.17) is 20.3 Å². The van der Waals surface area contributed by atoms with Crippen molar-refractivity contribution in [3.8, 4) is 0 Å². The van der Waals surface area contributed by atoms with Gasteiger partial charge in [0.2, 0.25) is 0 Å². The number of ether oxygens (including phenoxy) is 2. The lowest BCUT2D eigenvalue weighted by molar-refractivity contribution is 0.0310. The number of aromatic carboxylic acids is 1. The zero-order valence-electron chi connectivity index (χ0n) is 11.4. The third-order valence-electron chi connectivity index (χ3n) is 2.48. The monoisotopic (exact) mass is 267 g/mol. The molecular formula is C14H21NO4. The van der Waals surface area contributed by atoms with Crippen molar-refractivity contribution in [2.24, 2.45) is 5.92 Å². The highest BCUT2D eigenvalue weighted by Gasteiger charge is 2.13. The minimum atomic E-state index is -1.03. The molecule has 0 radical (unpaired) electrons. The maximum atomic E-state index is 11.1. The smallest absolute Gasteiger partial charge is 0.338 e. The molecule has 0 amide bonds. The molecule has 1 aromatic carbocycles. The number of hydrogen-bond donors (Lipinski definition) is 2. The van der Waals surface area contributed by atoms with Gasteiger partial charge < -0.3 is 20.3 Å². The summed E-state index contributed by atoms with van der Waals surface area (Å²) in [6, 6.07) is 4.99. The van der Waals surface area contributed by atoms with E-state index in [1.54, 1.807) is 18.2 Å². The topological polar surface area (TPSA) is 81.8 Å². The van der Waals surface area contributed by atoms with Crippen molar-refractivity contribution in [1.29, 1.82) is 0 Å². The average Bonchev–Trinajstić information content (AvgIpc) is 2.32. The molecule has 5 heteroatoms. The number of carboxylic acid groups (broad SMARTS) is 1. The van der Waals surface area contributed by atoms with Crippen LogP contribution in [-0.4, -0.2) is 30.9 Å². The van der Waals surface area contributed by atoms with Crippen molar-refractivity contribution in [2.75, 3.05) is 25.6 Å². The Bertz CT molecular complexity index is 418. The van der Waals surface area contributed by atoms with Crippen LogP contribution in [0.25, 0.3) is 0 Å². The second-order valence-electron chi connectivity index (χ2n) is 4.71. The summed E-state index contributed by atoms with van der Waals surface area (Å²) < 4.78 is 10.8. The lowest BCUT2D eigenvalue weighted by Gasteiger charge is -2.10. The van der Waals surface area contributed by atoms with Crippen LogP contribution < -0.4 is 5.73 Å². The van der Waals surface area contributed by atoms with Crippen molar-refractivity contribution in [2.45, 2.75) is 20.5 Å². The van der Waals surface area contributed by atoms with E-state index in [0.29, 0.717) is 31.3 Å². The summed E-state index contributed by atoms with van der Waals surface area (Å²) in [6.45, 7) is 6.00. The minimum absolute atomic E-state index is 0.116. The molecule has 19 heavy (non-hydrogen) atoms. The SMILES string of the molecule is CC(C)COCCOCc1cccc(N)c1C(=O)O. The molecule has 106 valence electrons. The molecular weight excluding hydrogens is 246 g/mol. The summed E-state index contributed by atoms with van der Waals surface area (Å²) in [5.41, 5.74) is 6.60. The fraction of sp³-hybridized carbons (Fsp3) is 0.500. The summed E-state index contributed by atoms with van der Waals surface area (Å²) in [7, 11) is 0. The Morgan fingerprint density at radius 3 is 2.63 bits per heavy atom. The Hall–Kier alpha value is -1.59. The fourth-order valence-electron chi connectivity index (χ4n) is 1.62. The summed E-state index contributed by atoms with van der Waals surface area (Å²) in [5.74, 6) is -0.541. The van der Waals surface area contributed by atoms with Gasteiger partial charge in [0.1, 0.15) is 0 Å². The lowest BCUT2D eigenvalue weighted by atomic mass is 10.1. The summed E-state index contributed by atoms with van der Waals surface area (Å²) in [5, 5.41) is 9.09.